The van der Waals surface area contributed by atoms with Crippen molar-refractivity contribution in [2.24, 2.45) is 0 Å². The number of benzene rings is 1. The van der Waals surface area contributed by atoms with Gasteiger partial charge >= 0.3 is 0 Å². The second-order valence-electron chi connectivity index (χ2n) is 7.24. The fraction of sp³-hybridized carbons (Fsp3) is 0.381. The summed E-state index contributed by atoms with van der Waals surface area (Å²) in [5.41, 5.74) is 1.36. The molecule has 2 saturated heterocycles. The average molecular weight is 365 g/mol. The van der Waals surface area contributed by atoms with Gasteiger partial charge < -0.3 is 15.0 Å². The summed E-state index contributed by atoms with van der Waals surface area (Å²) in [6, 6.07) is 13.2. The van der Waals surface area contributed by atoms with E-state index < -0.39 is 0 Å². The van der Waals surface area contributed by atoms with Gasteiger partial charge in [0.05, 0.1) is 0 Å². The van der Waals surface area contributed by atoms with Crippen LogP contribution in [-0.2, 0) is 4.79 Å². The Balaban J connectivity index is 1.43. The Morgan fingerprint density at radius 2 is 1.78 bits per heavy atom. The Hall–Kier alpha value is -2.89. The topological polar surface area (TPSA) is 71.5 Å². The SMILES string of the molecule is CC(=O)Nc1ccc(C(=O)N2C3CCC2CC(Oc2ccccn2)C3)cc1. The zero-order valence-corrected chi connectivity index (χ0v) is 15.3. The quantitative estimate of drug-likeness (QED) is 0.903. The van der Waals surface area contributed by atoms with Gasteiger partial charge in [-0.1, -0.05) is 6.07 Å². The predicted molar refractivity (Wildman–Crippen MR) is 102 cm³/mol. The Bertz CT molecular complexity index is 808. The van der Waals surface area contributed by atoms with Gasteiger partial charge in [0.2, 0.25) is 11.8 Å². The number of nitrogens with one attached hydrogen (secondary N) is 1. The van der Waals surface area contributed by atoms with Crippen LogP contribution in [0.2, 0.25) is 0 Å². The van der Waals surface area contributed by atoms with E-state index in [9.17, 15) is 9.59 Å². The first kappa shape index (κ1) is 17.5. The molecule has 1 aromatic carbocycles. The van der Waals surface area contributed by atoms with E-state index in [2.05, 4.69) is 10.3 Å². The van der Waals surface area contributed by atoms with Crippen molar-refractivity contribution < 1.29 is 14.3 Å². The Morgan fingerprint density at radius 1 is 1.07 bits per heavy atom. The molecule has 2 amide bonds. The fourth-order valence-electron chi connectivity index (χ4n) is 4.19. The summed E-state index contributed by atoms with van der Waals surface area (Å²) in [4.78, 5) is 30.5. The molecule has 6 heteroatoms. The van der Waals surface area contributed by atoms with Gasteiger partial charge in [-0.3, -0.25) is 9.59 Å². The normalized spacial score (nSPS) is 23.7. The number of carbonyl (C=O) groups excluding carboxylic acids is 2. The summed E-state index contributed by atoms with van der Waals surface area (Å²) in [6.07, 6.45) is 5.53. The van der Waals surface area contributed by atoms with Crippen molar-refractivity contribution in [3.05, 3.63) is 54.2 Å². The number of amides is 2. The minimum absolute atomic E-state index is 0.0631. The van der Waals surface area contributed by atoms with Gasteiger partial charge in [0.1, 0.15) is 6.10 Å². The summed E-state index contributed by atoms with van der Waals surface area (Å²) < 4.78 is 6.03. The van der Waals surface area contributed by atoms with Crippen LogP contribution in [-0.4, -0.2) is 39.9 Å². The molecule has 0 spiro atoms. The second-order valence-corrected chi connectivity index (χ2v) is 7.24. The summed E-state index contributed by atoms with van der Waals surface area (Å²) in [5, 5.41) is 2.72. The minimum Gasteiger partial charge on any atom is -0.474 e. The summed E-state index contributed by atoms with van der Waals surface area (Å²) in [5.74, 6) is 0.588. The van der Waals surface area contributed by atoms with E-state index in [4.69, 9.17) is 4.74 Å². The van der Waals surface area contributed by atoms with Crippen LogP contribution in [0.25, 0.3) is 0 Å². The predicted octanol–water partition coefficient (Wildman–Crippen LogP) is 3.25. The molecule has 0 radical (unpaired) electrons. The third kappa shape index (κ3) is 3.79. The number of aromatic nitrogens is 1. The molecule has 1 N–H and O–H groups in total. The Labute approximate surface area is 158 Å². The maximum atomic E-state index is 13.0. The van der Waals surface area contributed by atoms with Gasteiger partial charge in [-0.05, 0) is 43.2 Å². The van der Waals surface area contributed by atoms with E-state index >= 15 is 0 Å². The molecule has 2 aliphatic heterocycles. The monoisotopic (exact) mass is 365 g/mol. The lowest BCUT2D eigenvalue weighted by Crippen LogP contribution is -2.49. The summed E-state index contributed by atoms with van der Waals surface area (Å²) in [6.45, 7) is 1.47. The molecule has 4 rings (SSSR count). The molecular formula is C21H23N3O3. The number of hydrogen-bond donors (Lipinski definition) is 1. The van der Waals surface area contributed by atoms with Crippen molar-refractivity contribution in [2.75, 3.05) is 5.32 Å². The highest BCUT2D eigenvalue weighted by Gasteiger charge is 2.44. The Morgan fingerprint density at radius 3 is 2.37 bits per heavy atom. The lowest BCUT2D eigenvalue weighted by Gasteiger charge is -2.38. The van der Waals surface area contributed by atoms with Crippen LogP contribution < -0.4 is 10.1 Å². The van der Waals surface area contributed by atoms with Gasteiger partial charge in [0, 0.05) is 55.4 Å². The van der Waals surface area contributed by atoms with Gasteiger partial charge in [0.15, 0.2) is 0 Å². The number of piperidine rings is 1. The number of fused-ring (bicyclic) bond motifs is 2. The number of pyridine rings is 1. The van der Waals surface area contributed by atoms with Crippen molar-refractivity contribution in [3.8, 4) is 5.88 Å². The Kier molecular flexibility index (Phi) is 4.79. The van der Waals surface area contributed by atoms with Crippen molar-refractivity contribution in [2.45, 2.75) is 50.8 Å². The number of rotatable bonds is 4. The van der Waals surface area contributed by atoms with E-state index in [1.165, 1.54) is 6.92 Å². The number of hydrogen-bond acceptors (Lipinski definition) is 4. The van der Waals surface area contributed by atoms with Crippen LogP contribution >= 0.6 is 0 Å². The van der Waals surface area contributed by atoms with E-state index in [1.54, 1.807) is 30.5 Å². The van der Waals surface area contributed by atoms with E-state index in [-0.39, 0.29) is 30.0 Å². The van der Waals surface area contributed by atoms with Crippen LogP contribution in [0.15, 0.2) is 48.7 Å². The molecule has 0 saturated carbocycles. The van der Waals surface area contributed by atoms with Gasteiger partial charge in [-0.2, -0.15) is 0 Å². The molecule has 2 aromatic rings. The van der Waals surface area contributed by atoms with Crippen molar-refractivity contribution >= 4 is 17.5 Å². The van der Waals surface area contributed by atoms with Crippen molar-refractivity contribution in [1.29, 1.82) is 0 Å². The largest absolute Gasteiger partial charge is 0.474 e. The first-order chi connectivity index (χ1) is 13.1. The molecule has 1 aromatic heterocycles. The summed E-state index contributed by atoms with van der Waals surface area (Å²) in [7, 11) is 0. The molecule has 27 heavy (non-hydrogen) atoms. The second kappa shape index (κ2) is 7.39. The number of ether oxygens (including phenoxy) is 1. The average Bonchev–Trinajstić information content (AvgIpc) is 2.93. The lowest BCUT2D eigenvalue weighted by molar-refractivity contribution is -0.114. The maximum absolute atomic E-state index is 13.0. The molecule has 2 unspecified atom stereocenters. The van der Waals surface area contributed by atoms with Crippen molar-refractivity contribution in [1.82, 2.24) is 9.88 Å². The molecule has 0 aliphatic carbocycles. The highest BCUT2D eigenvalue weighted by atomic mass is 16.5. The lowest BCUT2D eigenvalue weighted by atomic mass is 9.98. The van der Waals surface area contributed by atoms with Crippen LogP contribution in [0.5, 0.6) is 5.88 Å². The van der Waals surface area contributed by atoms with Gasteiger partial charge in [0.25, 0.3) is 5.91 Å². The first-order valence-corrected chi connectivity index (χ1v) is 9.38. The molecule has 140 valence electrons. The van der Waals surface area contributed by atoms with E-state index in [0.29, 0.717) is 17.1 Å². The summed E-state index contributed by atoms with van der Waals surface area (Å²) >= 11 is 0. The molecule has 2 bridgehead atoms. The smallest absolute Gasteiger partial charge is 0.254 e. The van der Waals surface area contributed by atoms with Crippen LogP contribution in [0, 0.1) is 0 Å². The first-order valence-electron chi connectivity index (χ1n) is 9.38. The standard InChI is InChI=1S/C21H23N3O3/c1-14(25)23-16-7-5-15(6-8-16)21(26)24-17-9-10-18(24)13-19(12-17)27-20-4-2-3-11-22-20/h2-8,11,17-19H,9-10,12-13H2,1H3,(H,23,25). The maximum Gasteiger partial charge on any atom is 0.254 e. The molecule has 3 heterocycles. The van der Waals surface area contributed by atoms with Crippen LogP contribution in [0.4, 0.5) is 5.69 Å². The fourth-order valence-corrected chi connectivity index (χ4v) is 4.19. The highest BCUT2D eigenvalue weighted by molar-refractivity contribution is 5.96. The molecule has 6 nitrogen and oxygen atoms in total. The zero-order chi connectivity index (χ0) is 18.8. The number of anilines is 1. The zero-order valence-electron chi connectivity index (χ0n) is 15.3. The van der Waals surface area contributed by atoms with Gasteiger partial charge in [-0.25, -0.2) is 4.98 Å². The highest BCUT2D eigenvalue weighted by Crippen LogP contribution is 2.38. The number of carbonyl (C=O) groups is 2. The molecule has 2 aliphatic rings. The molecule has 2 fully saturated rings. The third-order valence-electron chi connectivity index (χ3n) is 5.30. The minimum atomic E-state index is -0.123. The third-order valence-corrected chi connectivity index (χ3v) is 5.30. The van der Waals surface area contributed by atoms with Crippen LogP contribution in [0.1, 0.15) is 43.0 Å². The van der Waals surface area contributed by atoms with Crippen LogP contribution in [0.3, 0.4) is 0 Å². The molecular weight excluding hydrogens is 342 g/mol. The number of nitrogens with zero attached hydrogens (tertiary/aromatic N) is 2. The van der Waals surface area contributed by atoms with E-state index in [1.807, 2.05) is 23.1 Å². The van der Waals surface area contributed by atoms with Gasteiger partial charge in [-0.15, -0.1) is 0 Å². The van der Waals surface area contributed by atoms with E-state index in [0.717, 1.165) is 25.7 Å². The molecule has 2 atom stereocenters. The van der Waals surface area contributed by atoms with Crippen molar-refractivity contribution in [3.63, 3.8) is 0 Å².